The SMILES string of the molecule is O=C(O)c1cnnnc1C(=O)O.O=P(O)(O)O. The third kappa shape index (κ3) is 7.03. The summed E-state index contributed by atoms with van der Waals surface area (Å²) in [6.45, 7) is 0. The summed E-state index contributed by atoms with van der Waals surface area (Å²) in [5.41, 5.74) is -1.09. The molecule has 0 saturated heterocycles. The van der Waals surface area contributed by atoms with Crippen LogP contribution in [0.15, 0.2) is 6.20 Å². The number of rotatable bonds is 2. The number of carboxylic acids is 2. The predicted molar refractivity (Wildman–Crippen MR) is 48.0 cm³/mol. The molecule has 0 radical (unpaired) electrons. The van der Waals surface area contributed by atoms with E-state index in [1.165, 1.54) is 0 Å². The van der Waals surface area contributed by atoms with Gasteiger partial charge >= 0.3 is 19.8 Å². The molecule has 0 aliphatic heterocycles. The molecular weight excluding hydrogens is 261 g/mol. The van der Waals surface area contributed by atoms with E-state index in [4.69, 9.17) is 29.5 Å². The first-order valence-electron chi connectivity index (χ1n) is 3.56. The number of aromatic carboxylic acids is 2. The molecule has 0 saturated carbocycles. The number of aromatic nitrogens is 3. The average Bonchev–Trinajstić information content (AvgIpc) is 2.15. The van der Waals surface area contributed by atoms with Crippen molar-refractivity contribution in [1.82, 2.24) is 15.4 Å². The van der Waals surface area contributed by atoms with Crippen LogP contribution in [0, 0.1) is 0 Å². The molecule has 94 valence electrons. The molecule has 12 heteroatoms. The molecule has 0 spiro atoms. The van der Waals surface area contributed by atoms with Crippen molar-refractivity contribution in [1.29, 1.82) is 0 Å². The summed E-state index contributed by atoms with van der Waals surface area (Å²) >= 11 is 0. The van der Waals surface area contributed by atoms with E-state index in [1.807, 2.05) is 0 Å². The van der Waals surface area contributed by atoms with Gasteiger partial charge in [0.05, 0.1) is 6.20 Å². The number of nitrogens with zero attached hydrogens (tertiary/aromatic N) is 3. The van der Waals surface area contributed by atoms with Crippen LogP contribution in [0.4, 0.5) is 0 Å². The Morgan fingerprint density at radius 2 is 1.59 bits per heavy atom. The molecule has 0 aliphatic carbocycles. The van der Waals surface area contributed by atoms with Gasteiger partial charge in [-0.3, -0.25) is 0 Å². The quantitative estimate of drug-likeness (QED) is 0.385. The highest BCUT2D eigenvalue weighted by Crippen LogP contribution is 2.25. The average molecular weight is 267 g/mol. The topological polar surface area (TPSA) is 191 Å². The van der Waals surface area contributed by atoms with Crippen molar-refractivity contribution in [3.05, 3.63) is 17.5 Å². The van der Waals surface area contributed by atoms with E-state index in [9.17, 15) is 9.59 Å². The van der Waals surface area contributed by atoms with Crippen molar-refractivity contribution in [2.24, 2.45) is 0 Å². The Morgan fingerprint density at radius 1 is 1.12 bits per heavy atom. The van der Waals surface area contributed by atoms with Crippen molar-refractivity contribution < 1.29 is 39.0 Å². The van der Waals surface area contributed by atoms with Crippen molar-refractivity contribution >= 4 is 19.8 Å². The number of hydrogen-bond donors (Lipinski definition) is 5. The van der Waals surface area contributed by atoms with Gasteiger partial charge in [0.1, 0.15) is 5.56 Å². The first kappa shape index (κ1) is 15.1. The van der Waals surface area contributed by atoms with Gasteiger partial charge < -0.3 is 24.9 Å². The van der Waals surface area contributed by atoms with Gasteiger partial charge in [-0.2, -0.15) is 0 Å². The summed E-state index contributed by atoms with van der Waals surface area (Å²) in [7, 11) is -4.64. The first-order valence-corrected chi connectivity index (χ1v) is 5.12. The van der Waals surface area contributed by atoms with E-state index >= 15 is 0 Å². The second kappa shape index (κ2) is 5.96. The standard InChI is InChI=1S/C5H3N3O4.H3O4P/c9-4(10)2-1-6-8-7-3(2)5(11)12;1-5(2,3)4/h1H,(H,9,10)(H,11,12);(H3,1,2,3,4). The maximum absolute atomic E-state index is 10.4. The lowest BCUT2D eigenvalue weighted by molar-refractivity contribution is 0.0643. The van der Waals surface area contributed by atoms with Gasteiger partial charge in [0.25, 0.3) is 0 Å². The Kier molecular flexibility index (Phi) is 5.28. The zero-order valence-electron chi connectivity index (χ0n) is 7.83. The lowest BCUT2D eigenvalue weighted by Crippen LogP contribution is -2.12. The highest BCUT2D eigenvalue weighted by Gasteiger charge is 2.17. The third-order valence-electron chi connectivity index (χ3n) is 1.07. The summed E-state index contributed by atoms with van der Waals surface area (Å²) in [6.07, 6.45) is 0.832. The predicted octanol–water partition coefficient (Wildman–Crippen LogP) is -1.66. The van der Waals surface area contributed by atoms with E-state index in [1.54, 1.807) is 0 Å². The van der Waals surface area contributed by atoms with Gasteiger partial charge in [0.15, 0.2) is 5.69 Å². The van der Waals surface area contributed by atoms with E-state index in [0.29, 0.717) is 0 Å². The number of hydrogen-bond acceptors (Lipinski definition) is 6. The zero-order valence-corrected chi connectivity index (χ0v) is 8.72. The third-order valence-corrected chi connectivity index (χ3v) is 1.07. The minimum absolute atomic E-state index is 0.475. The van der Waals surface area contributed by atoms with Crippen LogP contribution in [0.5, 0.6) is 0 Å². The molecule has 0 unspecified atom stereocenters. The van der Waals surface area contributed by atoms with E-state index < -0.39 is 31.0 Å². The molecule has 1 aromatic heterocycles. The molecule has 1 aromatic rings. The fraction of sp³-hybridized carbons (Fsp3) is 0. The van der Waals surface area contributed by atoms with E-state index in [2.05, 4.69) is 15.4 Å². The molecule has 0 amide bonds. The monoisotopic (exact) mass is 267 g/mol. The molecule has 0 atom stereocenters. The smallest absolute Gasteiger partial charge is 0.466 e. The number of carbonyl (C=O) groups is 2. The van der Waals surface area contributed by atoms with E-state index in [-0.39, 0.29) is 0 Å². The molecule has 17 heavy (non-hydrogen) atoms. The minimum Gasteiger partial charge on any atom is -0.478 e. The van der Waals surface area contributed by atoms with Crippen molar-refractivity contribution in [3.8, 4) is 0 Å². The van der Waals surface area contributed by atoms with Crippen LogP contribution in [-0.4, -0.2) is 52.2 Å². The molecule has 0 aromatic carbocycles. The summed E-state index contributed by atoms with van der Waals surface area (Å²) in [6, 6.07) is 0. The fourth-order valence-electron chi connectivity index (χ4n) is 0.584. The molecular formula is C5H6N3O8P. The molecule has 0 fully saturated rings. The molecule has 0 bridgehead atoms. The summed E-state index contributed by atoms with van der Waals surface area (Å²) < 4.78 is 8.88. The Labute approximate surface area is 92.6 Å². The maximum Gasteiger partial charge on any atom is 0.466 e. The summed E-state index contributed by atoms with van der Waals surface area (Å²) in [5, 5.41) is 26.1. The second-order valence-corrected chi connectivity index (χ2v) is 3.35. The number of carboxylic acid groups (broad SMARTS) is 2. The van der Waals surface area contributed by atoms with E-state index in [0.717, 1.165) is 6.20 Å². The molecule has 11 nitrogen and oxygen atoms in total. The molecule has 0 aliphatic rings. The molecule has 5 N–H and O–H groups in total. The number of phosphoric acid groups is 1. The lowest BCUT2D eigenvalue weighted by atomic mass is 10.2. The van der Waals surface area contributed by atoms with Crippen molar-refractivity contribution in [3.63, 3.8) is 0 Å². The maximum atomic E-state index is 10.4. The Hall–Kier alpha value is -1.94. The molecule has 1 heterocycles. The summed E-state index contributed by atoms with van der Waals surface area (Å²) in [5.74, 6) is -2.84. The minimum atomic E-state index is -4.64. The highest BCUT2D eigenvalue weighted by molar-refractivity contribution is 7.45. The van der Waals surface area contributed by atoms with Gasteiger partial charge in [-0.15, -0.1) is 10.2 Å². The van der Waals surface area contributed by atoms with Gasteiger partial charge in [0.2, 0.25) is 0 Å². The lowest BCUT2D eigenvalue weighted by Gasteiger charge is -1.95. The van der Waals surface area contributed by atoms with Crippen molar-refractivity contribution in [2.75, 3.05) is 0 Å². The Bertz CT molecular complexity index is 429. The first-order chi connectivity index (χ1) is 7.63. The van der Waals surface area contributed by atoms with Crippen LogP contribution in [0.2, 0.25) is 0 Å². The second-order valence-electron chi connectivity index (χ2n) is 2.32. The van der Waals surface area contributed by atoms with Gasteiger partial charge in [-0.05, 0) is 5.21 Å². The van der Waals surface area contributed by atoms with Gasteiger partial charge in [-0.25, -0.2) is 14.2 Å². The van der Waals surface area contributed by atoms with Crippen LogP contribution >= 0.6 is 7.82 Å². The van der Waals surface area contributed by atoms with Crippen LogP contribution in [0.25, 0.3) is 0 Å². The summed E-state index contributed by atoms with van der Waals surface area (Å²) in [4.78, 5) is 42.3. The van der Waals surface area contributed by atoms with Crippen molar-refractivity contribution in [2.45, 2.75) is 0 Å². The highest BCUT2D eigenvalue weighted by atomic mass is 31.2. The molecule has 1 rings (SSSR count). The van der Waals surface area contributed by atoms with Crippen LogP contribution in [-0.2, 0) is 4.57 Å². The largest absolute Gasteiger partial charge is 0.478 e. The Morgan fingerprint density at radius 3 is 1.88 bits per heavy atom. The van der Waals surface area contributed by atoms with Crippen LogP contribution in [0.1, 0.15) is 20.8 Å². The van der Waals surface area contributed by atoms with Crippen LogP contribution in [0.3, 0.4) is 0 Å². The van der Waals surface area contributed by atoms with Crippen LogP contribution < -0.4 is 0 Å². The van der Waals surface area contributed by atoms with Gasteiger partial charge in [-0.1, -0.05) is 0 Å². The normalized spacial score (nSPS) is 10.1. The fourth-order valence-corrected chi connectivity index (χ4v) is 0.584. The van der Waals surface area contributed by atoms with Gasteiger partial charge in [0, 0.05) is 0 Å². The Balaban J connectivity index is 0.000000437. The zero-order chi connectivity index (χ0) is 13.6.